The Bertz CT molecular complexity index is 1030. The standard InChI is InChI=1S/C24H26N2O4/c1-24(2,3)17-11-9-16(10-12-17)22(27)25-19-7-5-6-8-20(19)26-23(28)21-14-13-18(30-21)15-29-4/h5-14H,15H2,1-4H3,(H,25,27)(H,26,28). The first-order valence-corrected chi connectivity index (χ1v) is 9.68. The van der Waals surface area contributed by atoms with Crippen molar-refractivity contribution in [1.82, 2.24) is 0 Å². The summed E-state index contributed by atoms with van der Waals surface area (Å²) >= 11 is 0. The maximum Gasteiger partial charge on any atom is 0.291 e. The lowest BCUT2D eigenvalue weighted by Crippen LogP contribution is -2.17. The second kappa shape index (κ2) is 8.97. The smallest absolute Gasteiger partial charge is 0.291 e. The molecule has 0 atom stereocenters. The van der Waals surface area contributed by atoms with Crippen molar-refractivity contribution < 1.29 is 18.7 Å². The van der Waals surface area contributed by atoms with Gasteiger partial charge in [-0.3, -0.25) is 9.59 Å². The molecule has 156 valence electrons. The molecule has 6 nitrogen and oxygen atoms in total. The second-order valence-corrected chi connectivity index (χ2v) is 7.98. The summed E-state index contributed by atoms with van der Waals surface area (Å²) < 4.78 is 10.5. The van der Waals surface area contributed by atoms with Crippen LogP contribution in [-0.2, 0) is 16.8 Å². The summed E-state index contributed by atoms with van der Waals surface area (Å²) in [5, 5.41) is 5.64. The maximum atomic E-state index is 12.7. The monoisotopic (exact) mass is 406 g/mol. The van der Waals surface area contributed by atoms with Gasteiger partial charge in [0.05, 0.1) is 11.4 Å². The molecule has 2 aromatic carbocycles. The predicted molar refractivity (Wildman–Crippen MR) is 117 cm³/mol. The highest BCUT2D eigenvalue weighted by Crippen LogP contribution is 2.25. The fourth-order valence-electron chi connectivity index (χ4n) is 2.92. The van der Waals surface area contributed by atoms with Crippen LogP contribution in [0.1, 0.15) is 53.0 Å². The van der Waals surface area contributed by atoms with Crippen LogP contribution >= 0.6 is 0 Å². The molecule has 0 aliphatic rings. The molecule has 0 saturated heterocycles. The fourth-order valence-corrected chi connectivity index (χ4v) is 2.92. The summed E-state index contributed by atoms with van der Waals surface area (Å²) in [6.45, 7) is 6.66. The molecule has 0 aliphatic heterocycles. The Morgan fingerprint density at radius 3 is 2.03 bits per heavy atom. The summed E-state index contributed by atoms with van der Waals surface area (Å²) in [5.41, 5.74) is 2.68. The third kappa shape index (κ3) is 5.15. The molecule has 3 rings (SSSR count). The van der Waals surface area contributed by atoms with Gasteiger partial charge < -0.3 is 19.8 Å². The third-order valence-corrected chi connectivity index (χ3v) is 4.61. The van der Waals surface area contributed by atoms with Gasteiger partial charge in [-0.05, 0) is 47.4 Å². The highest BCUT2D eigenvalue weighted by Gasteiger charge is 2.16. The van der Waals surface area contributed by atoms with Crippen LogP contribution in [0.5, 0.6) is 0 Å². The number of hydrogen-bond donors (Lipinski definition) is 2. The molecule has 2 N–H and O–H groups in total. The molecule has 6 heteroatoms. The zero-order valence-corrected chi connectivity index (χ0v) is 17.6. The highest BCUT2D eigenvalue weighted by molar-refractivity contribution is 6.09. The van der Waals surface area contributed by atoms with Crippen molar-refractivity contribution in [3.05, 3.63) is 83.3 Å². The lowest BCUT2D eigenvalue weighted by atomic mass is 9.87. The zero-order chi connectivity index (χ0) is 21.7. The van der Waals surface area contributed by atoms with E-state index in [2.05, 4.69) is 31.4 Å². The van der Waals surface area contributed by atoms with E-state index in [1.807, 2.05) is 12.1 Å². The molecular weight excluding hydrogens is 380 g/mol. The minimum absolute atomic E-state index is 0.0147. The average Bonchev–Trinajstić information content (AvgIpc) is 3.18. The summed E-state index contributed by atoms with van der Waals surface area (Å²) in [7, 11) is 1.55. The van der Waals surface area contributed by atoms with E-state index in [-0.39, 0.29) is 23.7 Å². The number of nitrogens with one attached hydrogen (secondary N) is 2. The minimum Gasteiger partial charge on any atom is -0.453 e. The number of furan rings is 1. The predicted octanol–water partition coefficient (Wildman–Crippen LogP) is 5.23. The molecule has 0 bridgehead atoms. The number of ether oxygens (including phenoxy) is 1. The zero-order valence-electron chi connectivity index (χ0n) is 17.6. The van der Waals surface area contributed by atoms with Crippen LogP contribution in [0.15, 0.2) is 65.1 Å². The lowest BCUT2D eigenvalue weighted by molar-refractivity contribution is 0.0985. The molecule has 30 heavy (non-hydrogen) atoms. The van der Waals surface area contributed by atoms with Crippen molar-refractivity contribution in [3.8, 4) is 0 Å². The number of methoxy groups -OCH3 is 1. The van der Waals surface area contributed by atoms with E-state index in [9.17, 15) is 9.59 Å². The van der Waals surface area contributed by atoms with Crippen LogP contribution < -0.4 is 10.6 Å². The maximum absolute atomic E-state index is 12.7. The van der Waals surface area contributed by atoms with Gasteiger partial charge in [0.1, 0.15) is 12.4 Å². The van der Waals surface area contributed by atoms with Crippen LogP contribution in [0.2, 0.25) is 0 Å². The van der Waals surface area contributed by atoms with E-state index in [1.165, 1.54) is 0 Å². The molecule has 0 spiro atoms. The Hall–Kier alpha value is -3.38. The molecule has 2 amide bonds. The van der Waals surface area contributed by atoms with Gasteiger partial charge >= 0.3 is 0 Å². The molecule has 1 heterocycles. The van der Waals surface area contributed by atoms with Crippen LogP contribution in [0.3, 0.4) is 0 Å². The Labute approximate surface area is 176 Å². The normalized spacial score (nSPS) is 11.2. The first kappa shape index (κ1) is 21.3. The summed E-state index contributed by atoms with van der Waals surface area (Å²) in [5.74, 6) is 0.0648. The molecular formula is C24H26N2O4. The molecule has 0 saturated carbocycles. The first-order chi connectivity index (χ1) is 14.3. The molecule has 0 fully saturated rings. The van der Waals surface area contributed by atoms with Crippen molar-refractivity contribution >= 4 is 23.2 Å². The molecule has 1 aromatic heterocycles. The van der Waals surface area contributed by atoms with E-state index in [1.54, 1.807) is 55.6 Å². The van der Waals surface area contributed by atoms with Gasteiger partial charge in [-0.25, -0.2) is 0 Å². The van der Waals surface area contributed by atoms with Gasteiger partial charge in [-0.1, -0.05) is 45.0 Å². The fraction of sp³-hybridized carbons (Fsp3) is 0.250. The molecule has 0 aliphatic carbocycles. The van der Waals surface area contributed by atoms with E-state index in [0.29, 0.717) is 22.7 Å². The number of carbonyl (C=O) groups is 2. The van der Waals surface area contributed by atoms with Gasteiger partial charge in [-0.15, -0.1) is 0 Å². The van der Waals surface area contributed by atoms with E-state index in [4.69, 9.17) is 9.15 Å². The van der Waals surface area contributed by atoms with Gasteiger partial charge in [0.15, 0.2) is 5.76 Å². The summed E-state index contributed by atoms with van der Waals surface area (Å²) in [6.07, 6.45) is 0. The highest BCUT2D eigenvalue weighted by atomic mass is 16.5. The van der Waals surface area contributed by atoms with E-state index in [0.717, 1.165) is 5.56 Å². The van der Waals surface area contributed by atoms with Crippen molar-refractivity contribution in [2.45, 2.75) is 32.8 Å². The Morgan fingerprint density at radius 1 is 0.867 bits per heavy atom. The summed E-state index contributed by atoms with van der Waals surface area (Å²) in [4.78, 5) is 25.2. The second-order valence-electron chi connectivity index (χ2n) is 7.98. The number of hydrogen-bond acceptors (Lipinski definition) is 4. The summed E-state index contributed by atoms with van der Waals surface area (Å²) in [6, 6.07) is 17.8. The minimum atomic E-state index is -0.409. The SMILES string of the molecule is COCc1ccc(C(=O)Nc2ccccc2NC(=O)c2ccc(C(C)(C)C)cc2)o1. The van der Waals surface area contributed by atoms with Crippen LogP contribution in [-0.4, -0.2) is 18.9 Å². The van der Waals surface area contributed by atoms with Crippen molar-refractivity contribution in [2.24, 2.45) is 0 Å². The third-order valence-electron chi connectivity index (χ3n) is 4.61. The van der Waals surface area contributed by atoms with Crippen molar-refractivity contribution in [3.63, 3.8) is 0 Å². The van der Waals surface area contributed by atoms with E-state index < -0.39 is 5.91 Å². The average molecular weight is 406 g/mol. The van der Waals surface area contributed by atoms with E-state index >= 15 is 0 Å². The largest absolute Gasteiger partial charge is 0.453 e. The number of anilines is 2. The number of rotatable bonds is 6. The van der Waals surface area contributed by atoms with Gasteiger partial charge in [0.2, 0.25) is 0 Å². The Balaban J connectivity index is 1.73. The number of para-hydroxylation sites is 2. The number of amides is 2. The van der Waals surface area contributed by atoms with Crippen LogP contribution in [0.25, 0.3) is 0 Å². The van der Waals surface area contributed by atoms with Crippen molar-refractivity contribution in [2.75, 3.05) is 17.7 Å². The number of benzene rings is 2. The van der Waals surface area contributed by atoms with Gasteiger partial charge in [0.25, 0.3) is 11.8 Å². The number of carbonyl (C=O) groups excluding carboxylic acids is 2. The Morgan fingerprint density at radius 2 is 1.47 bits per heavy atom. The lowest BCUT2D eigenvalue weighted by Gasteiger charge is -2.19. The van der Waals surface area contributed by atoms with Crippen LogP contribution in [0.4, 0.5) is 11.4 Å². The van der Waals surface area contributed by atoms with Crippen molar-refractivity contribution in [1.29, 1.82) is 0 Å². The molecule has 0 unspecified atom stereocenters. The topological polar surface area (TPSA) is 80.6 Å². The Kier molecular flexibility index (Phi) is 6.37. The van der Waals surface area contributed by atoms with Crippen LogP contribution in [0, 0.1) is 0 Å². The first-order valence-electron chi connectivity index (χ1n) is 9.68. The van der Waals surface area contributed by atoms with Gasteiger partial charge in [0, 0.05) is 12.7 Å². The molecule has 3 aromatic rings. The quantitative estimate of drug-likeness (QED) is 0.587. The molecule has 0 radical (unpaired) electrons. The van der Waals surface area contributed by atoms with Gasteiger partial charge in [-0.2, -0.15) is 0 Å².